The minimum absolute atomic E-state index is 0.0309. The molecule has 1 aromatic heterocycles. The molecule has 3 rings (SSSR count). The van der Waals surface area contributed by atoms with Crippen molar-refractivity contribution in [2.75, 3.05) is 10.6 Å². The van der Waals surface area contributed by atoms with Gasteiger partial charge in [0.2, 0.25) is 0 Å². The number of nitrogens with one attached hydrogen (secondary N) is 2. The SMILES string of the molecule is Cc1c(C(=O)Nc2ccccc2F)sc(NC(=O)c2cccc(Cl)c2)c1C#N. The van der Waals surface area contributed by atoms with Gasteiger partial charge in [-0.2, -0.15) is 5.26 Å². The number of nitriles is 1. The fourth-order valence-corrected chi connectivity index (χ4v) is 3.74. The van der Waals surface area contributed by atoms with Crippen LogP contribution in [0.25, 0.3) is 0 Å². The van der Waals surface area contributed by atoms with E-state index < -0.39 is 17.6 Å². The quantitative estimate of drug-likeness (QED) is 0.614. The molecule has 2 aromatic carbocycles. The fraction of sp³-hybridized carbons (Fsp3) is 0.0500. The molecule has 0 unspecified atom stereocenters. The Labute approximate surface area is 169 Å². The van der Waals surface area contributed by atoms with Crippen LogP contribution in [0.4, 0.5) is 15.1 Å². The number of para-hydroxylation sites is 1. The van der Waals surface area contributed by atoms with Gasteiger partial charge in [-0.05, 0) is 42.8 Å². The van der Waals surface area contributed by atoms with Gasteiger partial charge in [0, 0.05) is 10.6 Å². The van der Waals surface area contributed by atoms with Crippen molar-refractivity contribution < 1.29 is 14.0 Å². The second-order valence-electron chi connectivity index (χ2n) is 5.77. The van der Waals surface area contributed by atoms with Crippen LogP contribution in [0.3, 0.4) is 0 Å². The molecule has 0 aliphatic rings. The Balaban J connectivity index is 1.88. The minimum atomic E-state index is -0.569. The summed E-state index contributed by atoms with van der Waals surface area (Å²) in [4.78, 5) is 25.2. The van der Waals surface area contributed by atoms with Crippen LogP contribution in [0.2, 0.25) is 5.02 Å². The highest BCUT2D eigenvalue weighted by Crippen LogP contribution is 2.33. The van der Waals surface area contributed by atoms with E-state index in [1.165, 1.54) is 24.3 Å². The molecular weight excluding hydrogens is 401 g/mol. The van der Waals surface area contributed by atoms with Crippen molar-refractivity contribution in [2.24, 2.45) is 0 Å². The molecule has 0 bridgehead atoms. The third-order valence-electron chi connectivity index (χ3n) is 3.90. The summed E-state index contributed by atoms with van der Waals surface area (Å²) in [5.41, 5.74) is 0.935. The molecule has 0 aliphatic heterocycles. The molecule has 5 nitrogen and oxygen atoms in total. The average Bonchev–Trinajstić information content (AvgIpc) is 2.98. The van der Waals surface area contributed by atoms with Gasteiger partial charge in [-0.3, -0.25) is 9.59 Å². The van der Waals surface area contributed by atoms with Crippen molar-refractivity contribution in [3.05, 3.63) is 80.9 Å². The standard InChI is InChI=1S/C20H13ClFN3O2S/c1-11-14(10-23)20(25-18(26)12-5-4-6-13(21)9-12)28-17(11)19(27)24-16-8-3-2-7-15(16)22/h2-9H,1H3,(H,24,27)(H,25,26). The number of anilines is 2. The van der Waals surface area contributed by atoms with Gasteiger partial charge in [0.05, 0.1) is 16.1 Å². The predicted octanol–water partition coefficient (Wildman–Crippen LogP) is 5.23. The van der Waals surface area contributed by atoms with E-state index in [0.29, 0.717) is 16.1 Å². The molecule has 0 radical (unpaired) electrons. The number of benzene rings is 2. The van der Waals surface area contributed by atoms with Gasteiger partial charge < -0.3 is 10.6 Å². The molecule has 1 heterocycles. The molecule has 2 amide bonds. The summed E-state index contributed by atoms with van der Waals surface area (Å²) in [6, 6.07) is 14.1. The number of amides is 2. The summed E-state index contributed by atoms with van der Waals surface area (Å²) < 4.78 is 13.8. The van der Waals surface area contributed by atoms with Crippen molar-refractivity contribution in [3.8, 4) is 6.07 Å². The van der Waals surface area contributed by atoms with Crippen molar-refractivity contribution >= 4 is 45.4 Å². The molecule has 0 fully saturated rings. The fourth-order valence-electron chi connectivity index (χ4n) is 2.50. The minimum Gasteiger partial charge on any atom is -0.319 e. The summed E-state index contributed by atoms with van der Waals surface area (Å²) in [5, 5.41) is 15.2. The zero-order valence-corrected chi connectivity index (χ0v) is 16.1. The topological polar surface area (TPSA) is 82.0 Å². The van der Waals surface area contributed by atoms with Crippen molar-refractivity contribution in [1.82, 2.24) is 0 Å². The van der Waals surface area contributed by atoms with Crippen LogP contribution < -0.4 is 10.6 Å². The number of carbonyl (C=O) groups is 2. The van der Waals surface area contributed by atoms with E-state index in [-0.39, 0.29) is 21.1 Å². The number of thiophene rings is 1. The normalized spacial score (nSPS) is 10.2. The Morgan fingerprint density at radius 2 is 1.86 bits per heavy atom. The second-order valence-corrected chi connectivity index (χ2v) is 7.23. The molecule has 140 valence electrons. The zero-order chi connectivity index (χ0) is 20.3. The highest BCUT2D eigenvalue weighted by atomic mass is 35.5. The number of nitrogens with zero attached hydrogens (tertiary/aromatic N) is 1. The van der Waals surface area contributed by atoms with Gasteiger partial charge >= 0.3 is 0 Å². The Kier molecular flexibility index (Phi) is 5.73. The third-order valence-corrected chi connectivity index (χ3v) is 5.34. The Morgan fingerprint density at radius 3 is 2.54 bits per heavy atom. The van der Waals surface area contributed by atoms with Crippen LogP contribution in [-0.4, -0.2) is 11.8 Å². The van der Waals surface area contributed by atoms with Crippen LogP contribution in [-0.2, 0) is 0 Å². The summed E-state index contributed by atoms with van der Waals surface area (Å²) in [7, 11) is 0. The first-order chi connectivity index (χ1) is 13.4. The Morgan fingerprint density at radius 1 is 1.11 bits per heavy atom. The van der Waals surface area contributed by atoms with Gasteiger partial charge in [0.25, 0.3) is 11.8 Å². The van der Waals surface area contributed by atoms with E-state index in [2.05, 4.69) is 10.6 Å². The lowest BCUT2D eigenvalue weighted by Gasteiger charge is -2.05. The molecule has 28 heavy (non-hydrogen) atoms. The van der Waals surface area contributed by atoms with Crippen LogP contribution in [0, 0.1) is 24.1 Å². The van der Waals surface area contributed by atoms with Gasteiger partial charge in [-0.15, -0.1) is 11.3 Å². The summed E-state index contributed by atoms with van der Waals surface area (Å²) in [6.45, 7) is 1.60. The van der Waals surface area contributed by atoms with E-state index in [0.717, 1.165) is 11.3 Å². The lowest BCUT2D eigenvalue weighted by Crippen LogP contribution is -2.12. The Bertz CT molecular complexity index is 1120. The molecule has 0 spiro atoms. The van der Waals surface area contributed by atoms with E-state index >= 15 is 0 Å². The molecule has 8 heteroatoms. The maximum atomic E-state index is 13.8. The predicted molar refractivity (Wildman–Crippen MR) is 108 cm³/mol. The van der Waals surface area contributed by atoms with Crippen LogP contribution in [0.15, 0.2) is 48.5 Å². The van der Waals surface area contributed by atoms with E-state index in [1.807, 2.05) is 6.07 Å². The molecule has 0 aliphatic carbocycles. The summed E-state index contributed by atoms with van der Waals surface area (Å²) in [5.74, 6) is -1.59. The second kappa shape index (κ2) is 8.21. The van der Waals surface area contributed by atoms with E-state index in [4.69, 9.17) is 11.6 Å². The average molecular weight is 414 g/mol. The van der Waals surface area contributed by atoms with Crippen molar-refractivity contribution in [1.29, 1.82) is 5.26 Å². The van der Waals surface area contributed by atoms with E-state index in [1.54, 1.807) is 31.2 Å². The van der Waals surface area contributed by atoms with Gasteiger partial charge in [-0.1, -0.05) is 29.8 Å². The van der Waals surface area contributed by atoms with Crippen molar-refractivity contribution in [2.45, 2.75) is 6.92 Å². The van der Waals surface area contributed by atoms with Crippen LogP contribution in [0.1, 0.15) is 31.2 Å². The lowest BCUT2D eigenvalue weighted by atomic mass is 10.1. The Hall–Kier alpha value is -3.21. The van der Waals surface area contributed by atoms with E-state index in [9.17, 15) is 19.2 Å². The first-order valence-electron chi connectivity index (χ1n) is 8.07. The molecule has 0 saturated heterocycles. The number of rotatable bonds is 4. The molecule has 0 atom stereocenters. The first-order valence-corrected chi connectivity index (χ1v) is 9.26. The van der Waals surface area contributed by atoms with Gasteiger partial charge in [-0.25, -0.2) is 4.39 Å². The largest absolute Gasteiger partial charge is 0.319 e. The molecule has 3 aromatic rings. The molecule has 0 saturated carbocycles. The van der Waals surface area contributed by atoms with Crippen molar-refractivity contribution in [3.63, 3.8) is 0 Å². The maximum absolute atomic E-state index is 13.8. The third kappa shape index (κ3) is 4.03. The van der Waals surface area contributed by atoms with Crippen LogP contribution >= 0.6 is 22.9 Å². The smallest absolute Gasteiger partial charge is 0.266 e. The highest BCUT2D eigenvalue weighted by molar-refractivity contribution is 7.18. The molecular formula is C20H13ClFN3O2S. The maximum Gasteiger partial charge on any atom is 0.266 e. The number of halogens is 2. The summed E-state index contributed by atoms with van der Waals surface area (Å²) >= 11 is 6.85. The first kappa shape index (κ1) is 19.5. The lowest BCUT2D eigenvalue weighted by molar-refractivity contribution is 0.102. The van der Waals surface area contributed by atoms with Gasteiger partial charge in [0.15, 0.2) is 0 Å². The molecule has 2 N–H and O–H groups in total. The zero-order valence-electron chi connectivity index (χ0n) is 14.5. The summed E-state index contributed by atoms with van der Waals surface area (Å²) in [6.07, 6.45) is 0. The monoisotopic (exact) mass is 413 g/mol. The van der Waals surface area contributed by atoms with Crippen LogP contribution in [0.5, 0.6) is 0 Å². The van der Waals surface area contributed by atoms with Gasteiger partial charge in [0.1, 0.15) is 16.9 Å². The number of hydrogen-bond acceptors (Lipinski definition) is 4. The number of hydrogen-bond donors (Lipinski definition) is 2. The highest BCUT2D eigenvalue weighted by Gasteiger charge is 2.22. The number of carbonyl (C=O) groups excluding carboxylic acids is 2.